The first-order valence-electron chi connectivity index (χ1n) is 6.00. The highest BCUT2D eigenvalue weighted by atomic mass is 16.5. The molecule has 0 radical (unpaired) electrons. The summed E-state index contributed by atoms with van der Waals surface area (Å²) in [5.41, 5.74) is 5.35. The van der Waals surface area contributed by atoms with Gasteiger partial charge in [0.25, 0.3) is 5.91 Å². The Morgan fingerprint density at radius 3 is 2.89 bits per heavy atom. The van der Waals surface area contributed by atoms with Crippen LogP contribution in [0.2, 0.25) is 0 Å². The number of rotatable bonds is 8. The van der Waals surface area contributed by atoms with Crippen molar-refractivity contribution < 1.29 is 14.3 Å². The normalized spacial score (nSPS) is 9.95. The van der Waals surface area contributed by atoms with Crippen molar-refractivity contribution in [1.82, 2.24) is 15.6 Å². The summed E-state index contributed by atoms with van der Waals surface area (Å²) in [4.78, 5) is 26.4. The van der Waals surface area contributed by atoms with E-state index in [0.29, 0.717) is 31.1 Å². The number of nitrogens with zero attached hydrogens (tertiary/aromatic N) is 1. The van der Waals surface area contributed by atoms with Crippen LogP contribution in [-0.4, -0.2) is 43.0 Å². The third-order valence-corrected chi connectivity index (χ3v) is 2.18. The van der Waals surface area contributed by atoms with Gasteiger partial charge in [0.1, 0.15) is 5.56 Å². The summed E-state index contributed by atoms with van der Waals surface area (Å²) in [6.45, 7) is 3.19. The SMILES string of the molecule is CCOc1ncccc1C(=O)NCCNCC(N)=O. The molecular weight excluding hydrogens is 248 g/mol. The molecule has 0 spiro atoms. The van der Waals surface area contributed by atoms with E-state index in [1.165, 1.54) is 0 Å². The van der Waals surface area contributed by atoms with E-state index in [1.807, 2.05) is 6.92 Å². The van der Waals surface area contributed by atoms with E-state index in [1.54, 1.807) is 18.3 Å². The van der Waals surface area contributed by atoms with E-state index in [-0.39, 0.29) is 12.5 Å². The second-order valence-corrected chi connectivity index (χ2v) is 3.69. The van der Waals surface area contributed by atoms with Crippen molar-refractivity contribution >= 4 is 11.8 Å². The lowest BCUT2D eigenvalue weighted by molar-refractivity contribution is -0.117. The van der Waals surface area contributed by atoms with Crippen molar-refractivity contribution in [2.75, 3.05) is 26.2 Å². The molecule has 0 aliphatic heterocycles. The van der Waals surface area contributed by atoms with Crippen LogP contribution >= 0.6 is 0 Å². The fraction of sp³-hybridized carbons (Fsp3) is 0.417. The summed E-state index contributed by atoms with van der Waals surface area (Å²) in [7, 11) is 0. The van der Waals surface area contributed by atoms with Gasteiger partial charge in [0.2, 0.25) is 11.8 Å². The molecule has 19 heavy (non-hydrogen) atoms. The van der Waals surface area contributed by atoms with Gasteiger partial charge < -0.3 is 21.1 Å². The summed E-state index contributed by atoms with van der Waals surface area (Å²) < 4.78 is 5.27. The fourth-order valence-electron chi connectivity index (χ4n) is 1.39. The van der Waals surface area contributed by atoms with Crippen LogP contribution in [0.25, 0.3) is 0 Å². The van der Waals surface area contributed by atoms with Crippen molar-refractivity contribution in [3.8, 4) is 5.88 Å². The van der Waals surface area contributed by atoms with Crippen molar-refractivity contribution in [2.24, 2.45) is 5.73 Å². The van der Waals surface area contributed by atoms with E-state index < -0.39 is 5.91 Å². The summed E-state index contributed by atoms with van der Waals surface area (Å²) in [5, 5.41) is 5.49. The molecule has 0 aliphatic carbocycles. The zero-order valence-corrected chi connectivity index (χ0v) is 10.8. The quantitative estimate of drug-likeness (QED) is 0.539. The van der Waals surface area contributed by atoms with Gasteiger partial charge in [-0.25, -0.2) is 4.98 Å². The Morgan fingerprint density at radius 1 is 1.42 bits per heavy atom. The van der Waals surface area contributed by atoms with Gasteiger partial charge >= 0.3 is 0 Å². The maximum atomic E-state index is 11.9. The zero-order valence-electron chi connectivity index (χ0n) is 10.8. The Kier molecular flexibility index (Phi) is 6.31. The number of aromatic nitrogens is 1. The average molecular weight is 266 g/mol. The number of primary amides is 1. The third kappa shape index (κ3) is 5.35. The predicted molar refractivity (Wildman–Crippen MR) is 69.8 cm³/mol. The number of carbonyl (C=O) groups is 2. The minimum absolute atomic E-state index is 0.0902. The van der Waals surface area contributed by atoms with Crippen LogP contribution in [0.5, 0.6) is 5.88 Å². The van der Waals surface area contributed by atoms with Crippen molar-refractivity contribution in [2.45, 2.75) is 6.92 Å². The second kappa shape index (κ2) is 8.04. The lowest BCUT2D eigenvalue weighted by Crippen LogP contribution is -2.36. The molecule has 0 saturated heterocycles. The number of amides is 2. The molecule has 104 valence electrons. The fourth-order valence-corrected chi connectivity index (χ4v) is 1.39. The Bertz CT molecular complexity index is 437. The molecule has 0 unspecified atom stereocenters. The van der Waals surface area contributed by atoms with E-state index in [2.05, 4.69) is 15.6 Å². The second-order valence-electron chi connectivity index (χ2n) is 3.69. The molecule has 0 aliphatic rings. The smallest absolute Gasteiger partial charge is 0.256 e. The lowest BCUT2D eigenvalue weighted by Gasteiger charge is -2.09. The molecule has 0 aromatic carbocycles. The third-order valence-electron chi connectivity index (χ3n) is 2.18. The maximum Gasteiger partial charge on any atom is 0.256 e. The topological polar surface area (TPSA) is 106 Å². The summed E-state index contributed by atoms with van der Waals surface area (Å²) in [6, 6.07) is 3.31. The van der Waals surface area contributed by atoms with Crippen molar-refractivity contribution in [3.05, 3.63) is 23.9 Å². The highest BCUT2D eigenvalue weighted by Gasteiger charge is 2.12. The molecule has 0 saturated carbocycles. The molecule has 0 bridgehead atoms. The number of hydrogen-bond acceptors (Lipinski definition) is 5. The molecule has 0 fully saturated rings. The molecule has 2 amide bonds. The van der Waals surface area contributed by atoms with Crippen molar-refractivity contribution in [1.29, 1.82) is 0 Å². The average Bonchev–Trinajstić information content (AvgIpc) is 2.39. The van der Waals surface area contributed by atoms with E-state index in [9.17, 15) is 9.59 Å². The van der Waals surface area contributed by atoms with Gasteiger partial charge in [-0.2, -0.15) is 0 Å². The summed E-state index contributed by atoms with van der Waals surface area (Å²) in [6.07, 6.45) is 1.57. The van der Waals surface area contributed by atoms with Gasteiger partial charge in [-0.1, -0.05) is 0 Å². The predicted octanol–water partition coefficient (Wildman–Crippen LogP) is -0.715. The van der Waals surface area contributed by atoms with Crippen molar-refractivity contribution in [3.63, 3.8) is 0 Å². The van der Waals surface area contributed by atoms with Gasteiger partial charge in [-0.15, -0.1) is 0 Å². The molecule has 0 atom stereocenters. The van der Waals surface area contributed by atoms with E-state index in [4.69, 9.17) is 10.5 Å². The standard InChI is InChI=1S/C12H18N4O3/c1-2-19-12-9(4-3-5-16-12)11(18)15-7-6-14-8-10(13)17/h3-5,14H,2,6-8H2,1H3,(H2,13,17)(H,15,18). The van der Waals surface area contributed by atoms with Crippen LogP contribution in [0, 0.1) is 0 Å². The van der Waals surface area contributed by atoms with E-state index >= 15 is 0 Å². The molecule has 7 heteroatoms. The number of hydrogen-bond donors (Lipinski definition) is 3. The highest BCUT2D eigenvalue weighted by molar-refractivity contribution is 5.96. The largest absolute Gasteiger partial charge is 0.477 e. The Morgan fingerprint density at radius 2 is 2.21 bits per heavy atom. The van der Waals surface area contributed by atoms with Gasteiger partial charge in [0, 0.05) is 19.3 Å². The molecule has 1 rings (SSSR count). The minimum Gasteiger partial charge on any atom is -0.477 e. The Labute approximate surface area is 111 Å². The molecule has 1 aromatic heterocycles. The molecule has 4 N–H and O–H groups in total. The zero-order chi connectivity index (χ0) is 14.1. The van der Waals surface area contributed by atoms with Crippen LogP contribution in [0.4, 0.5) is 0 Å². The van der Waals surface area contributed by atoms with E-state index in [0.717, 1.165) is 0 Å². The lowest BCUT2D eigenvalue weighted by atomic mass is 10.2. The van der Waals surface area contributed by atoms with Crippen LogP contribution in [0.1, 0.15) is 17.3 Å². The number of ether oxygens (including phenoxy) is 1. The number of nitrogens with one attached hydrogen (secondary N) is 2. The first-order valence-corrected chi connectivity index (χ1v) is 6.00. The van der Waals surface area contributed by atoms with Crippen LogP contribution in [-0.2, 0) is 4.79 Å². The van der Waals surface area contributed by atoms with Gasteiger partial charge in [0.05, 0.1) is 13.2 Å². The van der Waals surface area contributed by atoms with Crippen LogP contribution < -0.4 is 21.1 Å². The van der Waals surface area contributed by atoms with Crippen LogP contribution in [0.3, 0.4) is 0 Å². The molecular formula is C12H18N4O3. The first kappa shape index (κ1) is 14.9. The van der Waals surface area contributed by atoms with Gasteiger partial charge in [-0.05, 0) is 19.1 Å². The number of nitrogens with two attached hydrogens (primary N) is 1. The van der Waals surface area contributed by atoms with Crippen LogP contribution in [0.15, 0.2) is 18.3 Å². The van der Waals surface area contributed by atoms with Gasteiger partial charge in [0.15, 0.2) is 0 Å². The number of carbonyl (C=O) groups excluding carboxylic acids is 2. The Balaban J connectivity index is 2.43. The Hall–Kier alpha value is -2.15. The molecule has 1 aromatic rings. The first-order chi connectivity index (χ1) is 9.15. The number of pyridine rings is 1. The highest BCUT2D eigenvalue weighted by Crippen LogP contribution is 2.13. The molecule has 1 heterocycles. The monoisotopic (exact) mass is 266 g/mol. The molecule has 7 nitrogen and oxygen atoms in total. The summed E-state index contributed by atoms with van der Waals surface area (Å²) in [5.74, 6) is -0.387. The summed E-state index contributed by atoms with van der Waals surface area (Å²) >= 11 is 0. The minimum atomic E-state index is -0.433. The maximum absolute atomic E-state index is 11.9. The van der Waals surface area contributed by atoms with Gasteiger partial charge in [-0.3, -0.25) is 9.59 Å².